The van der Waals surface area contributed by atoms with Gasteiger partial charge in [0.2, 0.25) is 10.0 Å². The van der Waals surface area contributed by atoms with E-state index >= 15 is 0 Å². The first-order chi connectivity index (χ1) is 9.76. The van der Waals surface area contributed by atoms with E-state index in [2.05, 4.69) is 0 Å². The lowest BCUT2D eigenvalue weighted by molar-refractivity contribution is -0.140. The van der Waals surface area contributed by atoms with Crippen molar-refractivity contribution in [1.82, 2.24) is 4.31 Å². The highest BCUT2D eigenvalue weighted by atomic mass is 32.2. The van der Waals surface area contributed by atoms with Crippen LogP contribution >= 0.6 is 11.8 Å². The minimum Gasteiger partial charge on any atom is -0.480 e. The summed E-state index contributed by atoms with van der Waals surface area (Å²) in [4.78, 5) is 10.8. The maximum atomic E-state index is 13.8. The van der Waals surface area contributed by atoms with Gasteiger partial charge in [0.05, 0.1) is 5.37 Å². The molecule has 5 nitrogen and oxygen atoms in total. The molecule has 0 radical (unpaired) electrons. The molecule has 21 heavy (non-hydrogen) atoms. The third-order valence-electron chi connectivity index (χ3n) is 3.23. The van der Waals surface area contributed by atoms with Crippen LogP contribution in [-0.2, 0) is 14.8 Å². The summed E-state index contributed by atoms with van der Waals surface area (Å²) in [7, 11) is -4.20. The van der Waals surface area contributed by atoms with Crippen molar-refractivity contribution in [3.63, 3.8) is 0 Å². The summed E-state index contributed by atoms with van der Waals surface area (Å²) in [6.07, 6.45) is 0. The summed E-state index contributed by atoms with van der Waals surface area (Å²) in [6.45, 7) is 3.62. The van der Waals surface area contributed by atoms with Crippen LogP contribution in [0.25, 0.3) is 0 Å². The van der Waals surface area contributed by atoms with Crippen molar-refractivity contribution in [2.75, 3.05) is 5.75 Å². The standard InChI is InChI=1S/C13H16FNO4S2/c1-8(2)12-15(10(7-20-12)13(16)17)21(18,19)11-6-4-3-5-9(11)14/h3-6,8,10,12H,7H2,1-2H3,(H,16,17). The van der Waals surface area contributed by atoms with Gasteiger partial charge in [0, 0.05) is 5.75 Å². The molecule has 2 unspecified atom stereocenters. The molecule has 1 fully saturated rings. The molecule has 2 rings (SSSR count). The summed E-state index contributed by atoms with van der Waals surface area (Å²) < 4.78 is 40.2. The summed E-state index contributed by atoms with van der Waals surface area (Å²) in [6, 6.07) is 3.84. The van der Waals surface area contributed by atoms with E-state index in [1.54, 1.807) is 0 Å². The van der Waals surface area contributed by atoms with Crippen molar-refractivity contribution in [2.45, 2.75) is 30.2 Å². The van der Waals surface area contributed by atoms with Crippen molar-refractivity contribution in [1.29, 1.82) is 0 Å². The van der Waals surface area contributed by atoms with Gasteiger partial charge in [0.1, 0.15) is 16.8 Å². The van der Waals surface area contributed by atoms with Crippen molar-refractivity contribution < 1.29 is 22.7 Å². The lowest BCUT2D eigenvalue weighted by Gasteiger charge is -2.28. The quantitative estimate of drug-likeness (QED) is 0.912. The molecule has 1 aromatic carbocycles. The lowest BCUT2D eigenvalue weighted by atomic mass is 10.2. The number of halogens is 1. The number of sulfonamides is 1. The smallest absolute Gasteiger partial charge is 0.322 e. The third-order valence-corrected chi connectivity index (χ3v) is 6.91. The predicted octanol–water partition coefficient (Wildman–Crippen LogP) is 2.00. The van der Waals surface area contributed by atoms with E-state index in [1.807, 2.05) is 13.8 Å². The van der Waals surface area contributed by atoms with E-state index in [9.17, 15) is 22.7 Å². The molecular formula is C13H16FNO4S2. The van der Waals surface area contributed by atoms with Gasteiger partial charge < -0.3 is 5.11 Å². The van der Waals surface area contributed by atoms with Gasteiger partial charge in [0.25, 0.3) is 0 Å². The molecule has 2 atom stereocenters. The Labute approximate surface area is 127 Å². The van der Waals surface area contributed by atoms with E-state index in [-0.39, 0.29) is 11.7 Å². The normalized spacial score (nSPS) is 23.6. The SMILES string of the molecule is CC(C)C1SCC(C(=O)O)N1S(=O)(=O)c1ccccc1F. The molecule has 0 aliphatic carbocycles. The molecule has 116 valence electrons. The summed E-state index contributed by atoms with van der Waals surface area (Å²) in [5.41, 5.74) is 0. The topological polar surface area (TPSA) is 74.7 Å². The summed E-state index contributed by atoms with van der Waals surface area (Å²) >= 11 is 1.27. The number of carbonyl (C=O) groups is 1. The van der Waals surface area contributed by atoms with E-state index in [4.69, 9.17) is 0 Å². The van der Waals surface area contributed by atoms with Gasteiger partial charge in [-0.25, -0.2) is 12.8 Å². The van der Waals surface area contributed by atoms with Gasteiger partial charge in [-0.3, -0.25) is 4.79 Å². The first-order valence-corrected chi connectivity index (χ1v) is 8.88. The number of rotatable bonds is 4. The average molecular weight is 333 g/mol. The Hall–Kier alpha value is -1.12. The highest BCUT2D eigenvalue weighted by Crippen LogP contribution is 2.38. The van der Waals surface area contributed by atoms with E-state index < -0.39 is 38.1 Å². The zero-order valence-corrected chi connectivity index (χ0v) is 13.2. The van der Waals surface area contributed by atoms with E-state index in [1.165, 1.54) is 23.9 Å². The fraction of sp³-hybridized carbons (Fsp3) is 0.462. The van der Waals surface area contributed by atoms with Gasteiger partial charge in [-0.15, -0.1) is 11.8 Å². The largest absolute Gasteiger partial charge is 0.480 e. The molecule has 8 heteroatoms. The molecule has 0 amide bonds. The second-order valence-corrected chi connectivity index (χ2v) is 8.05. The number of thioether (sulfide) groups is 1. The van der Waals surface area contributed by atoms with Crippen LogP contribution in [0.3, 0.4) is 0 Å². The zero-order valence-electron chi connectivity index (χ0n) is 11.6. The molecule has 1 saturated heterocycles. The first kappa shape index (κ1) is 16.3. The van der Waals surface area contributed by atoms with Crippen LogP contribution in [0.5, 0.6) is 0 Å². The maximum absolute atomic E-state index is 13.8. The Morgan fingerprint density at radius 2 is 2.05 bits per heavy atom. The first-order valence-electron chi connectivity index (χ1n) is 6.39. The van der Waals surface area contributed by atoms with Gasteiger partial charge in [0.15, 0.2) is 0 Å². The minimum absolute atomic E-state index is 0.0825. The molecule has 0 aromatic heterocycles. The Balaban J connectivity index is 2.53. The number of carboxylic acids is 1. The van der Waals surface area contributed by atoms with Crippen molar-refractivity contribution in [2.24, 2.45) is 5.92 Å². The Bertz CT molecular complexity index is 647. The number of hydrogen-bond donors (Lipinski definition) is 1. The molecule has 0 spiro atoms. The maximum Gasteiger partial charge on any atom is 0.322 e. The summed E-state index contributed by atoms with van der Waals surface area (Å²) in [5, 5.41) is 8.73. The van der Waals surface area contributed by atoms with Crippen LogP contribution in [0.2, 0.25) is 0 Å². The van der Waals surface area contributed by atoms with Gasteiger partial charge in [-0.2, -0.15) is 4.31 Å². The second-order valence-electron chi connectivity index (χ2n) is 5.09. The van der Waals surface area contributed by atoms with Crippen LogP contribution in [0.15, 0.2) is 29.2 Å². The molecule has 0 saturated carbocycles. The van der Waals surface area contributed by atoms with Crippen LogP contribution in [-0.4, -0.2) is 41.0 Å². The molecule has 1 aromatic rings. The van der Waals surface area contributed by atoms with Crippen LogP contribution in [0, 0.1) is 11.7 Å². The van der Waals surface area contributed by atoms with Crippen LogP contribution in [0.1, 0.15) is 13.8 Å². The van der Waals surface area contributed by atoms with E-state index in [0.717, 1.165) is 16.4 Å². The number of nitrogens with zero attached hydrogens (tertiary/aromatic N) is 1. The number of carboxylic acid groups (broad SMARTS) is 1. The monoisotopic (exact) mass is 333 g/mol. The van der Waals surface area contributed by atoms with Gasteiger partial charge in [-0.1, -0.05) is 26.0 Å². The number of benzene rings is 1. The highest BCUT2D eigenvalue weighted by Gasteiger charge is 2.48. The lowest BCUT2D eigenvalue weighted by Crippen LogP contribution is -2.47. The molecule has 0 bridgehead atoms. The van der Waals surface area contributed by atoms with E-state index in [0.29, 0.717) is 0 Å². The van der Waals surface area contributed by atoms with Crippen molar-refractivity contribution >= 4 is 27.8 Å². The van der Waals surface area contributed by atoms with Crippen molar-refractivity contribution in [3.8, 4) is 0 Å². The number of hydrogen-bond acceptors (Lipinski definition) is 4. The Morgan fingerprint density at radius 3 is 2.57 bits per heavy atom. The fourth-order valence-electron chi connectivity index (χ4n) is 2.25. The fourth-order valence-corrected chi connectivity index (χ4v) is 6.04. The molecule has 1 N–H and O–H groups in total. The molecule has 1 heterocycles. The molecular weight excluding hydrogens is 317 g/mol. The molecule has 1 aliphatic heterocycles. The molecule has 1 aliphatic rings. The van der Waals surface area contributed by atoms with Gasteiger partial charge in [-0.05, 0) is 18.1 Å². The van der Waals surface area contributed by atoms with Crippen molar-refractivity contribution in [3.05, 3.63) is 30.1 Å². The highest BCUT2D eigenvalue weighted by molar-refractivity contribution is 8.01. The third kappa shape index (κ3) is 2.93. The summed E-state index contributed by atoms with van der Waals surface area (Å²) in [5.74, 6) is -2.02. The van der Waals surface area contributed by atoms with Crippen LogP contribution in [0.4, 0.5) is 4.39 Å². The Morgan fingerprint density at radius 1 is 1.43 bits per heavy atom. The second kappa shape index (κ2) is 5.94. The number of aliphatic carboxylic acids is 1. The van der Waals surface area contributed by atoms with Gasteiger partial charge >= 0.3 is 5.97 Å². The Kier molecular flexibility index (Phi) is 4.60. The zero-order chi connectivity index (χ0) is 15.8. The minimum atomic E-state index is -4.20. The average Bonchev–Trinajstić information content (AvgIpc) is 2.84. The van der Waals surface area contributed by atoms with Crippen LogP contribution < -0.4 is 0 Å². The predicted molar refractivity (Wildman–Crippen MR) is 77.9 cm³/mol.